The molecule has 0 bridgehead atoms. The van der Waals surface area contributed by atoms with Crippen LogP contribution in [-0.4, -0.2) is 43.7 Å². The molecule has 2 heterocycles. The zero-order valence-electron chi connectivity index (χ0n) is 17.6. The van der Waals surface area contributed by atoms with Crippen LogP contribution in [0.5, 0.6) is 5.75 Å². The van der Waals surface area contributed by atoms with Crippen molar-refractivity contribution >= 4 is 35.8 Å². The van der Waals surface area contributed by atoms with Crippen molar-refractivity contribution in [3.8, 4) is 5.75 Å². The van der Waals surface area contributed by atoms with Crippen LogP contribution >= 0.6 is 24.0 Å². The normalized spacial score (nSPS) is 14.8. The Bertz CT molecular complexity index is 814. The number of hydrogen-bond donors (Lipinski definition) is 2. The van der Waals surface area contributed by atoms with Crippen LogP contribution in [0.3, 0.4) is 0 Å². The number of nitrogens with zero attached hydrogens (tertiary/aromatic N) is 3. The van der Waals surface area contributed by atoms with E-state index < -0.39 is 0 Å². The van der Waals surface area contributed by atoms with Gasteiger partial charge < -0.3 is 20.3 Å². The number of aromatic nitrogens is 1. The van der Waals surface area contributed by atoms with Crippen LogP contribution in [0.1, 0.15) is 31.7 Å². The Morgan fingerprint density at radius 2 is 2.03 bits per heavy atom. The molecule has 0 radical (unpaired) electrons. The van der Waals surface area contributed by atoms with Gasteiger partial charge in [0.05, 0.1) is 6.54 Å². The Morgan fingerprint density at radius 3 is 2.73 bits per heavy atom. The second-order valence-electron chi connectivity index (χ2n) is 7.13. The summed E-state index contributed by atoms with van der Waals surface area (Å²) < 4.78 is 19.2. The monoisotopic (exact) mass is 527 g/mol. The summed E-state index contributed by atoms with van der Waals surface area (Å²) in [5.74, 6) is 1.98. The summed E-state index contributed by atoms with van der Waals surface area (Å²) >= 11 is 0. The van der Waals surface area contributed by atoms with Gasteiger partial charge in [0.15, 0.2) is 5.96 Å². The first-order chi connectivity index (χ1) is 14.2. The molecule has 0 spiro atoms. The van der Waals surface area contributed by atoms with Gasteiger partial charge in [-0.1, -0.05) is 13.0 Å². The van der Waals surface area contributed by atoms with Gasteiger partial charge in [-0.05, 0) is 49.1 Å². The molecule has 1 fully saturated rings. The highest BCUT2D eigenvalue weighted by atomic mass is 127. The predicted octanol–water partition coefficient (Wildman–Crippen LogP) is 3.96. The number of pyridine rings is 1. The van der Waals surface area contributed by atoms with Gasteiger partial charge in [-0.2, -0.15) is 0 Å². The smallest absolute Gasteiger partial charge is 0.191 e. The lowest BCUT2D eigenvalue weighted by Crippen LogP contribution is -2.42. The summed E-state index contributed by atoms with van der Waals surface area (Å²) in [4.78, 5) is 11.1. The molecule has 30 heavy (non-hydrogen) atoms. The summed E-state index contributed by atoms with van der Waals surface area (Å²) in [6.45, 7) is 5.43. The Kier molecular flexibility index (Phi) is 10.1. The fourth-order valence-corrected chi connectivity index (χ4v) is 3.31. The van der Waals surface area contributed by atoms with E-state index in [9.17, 15) is 4.39 Å². The van der Waals surface area contributed by atoms with Crippen LogP contribution in [0.4, 0.5) is 10.2 Å². The van der Waals surface area contributed by atoms with E-state index in [-0.39, 0.29) is 35.9 Å². The predicted molar refractivity (Wildman–Crippen MR) is 130 cm³/mol. The second-order valence-corrected chi connectivity index (χ2v) is 7.13. The van der Waals surface area contributed by atoms with Crippen LogP contribution in [0, 0.1) is 5.82 Å². The first kappa shape index (κ1) is 24.2. The van der Waals surface area contributed by atoms with Crippen molar-refractivity contribution in [2.45, 2.75) is 38.8 Å². The molecule has 164 valence electrons. The first-order valence-electron chi connectivity index (χ1n) is 10.2. The Morgan fingerprint density at radius 1 is 1.23 bits per heavy atom. The summed E-state index contributed by atoms with van der Waals surface area (Å²) in [5.41, 5.74) is 1.16. The molecule has 0 aliphatic carbocycles. The molecular weight excluding hydrogens is 496 g/mol. The van der Waals surface area contributed by atoms with E-state index in [0.717, 1.165) is 30.9 Å². The lowest BCUT2D eigenvalue weighted by atomic mass is 10.2. The molecule has 8 heteroatoms. The fraction of sp³-hybridized carbons (Fsp3) is 0.455. The van der Waals surface area contributed by atoms with E-state index in [1.807, 2.05) is 19.2 Å². The third-order valence-electron chi connectivity index (χ3n) is 4.97. The second kappa shape index (κ2) is 12.6. The van der Waals surface area contributed by atoms with Gasteiger partial charge in [-0.25, -0.2) is 9.37 Å². The maximum atomic E-state index is 13.3. The number of halogens is 2. The van der Waals surface area contributed by atoms with Gasteiger partial charge in [0, 0.05) is 38.9 Å². The summed E-state index contributed by atoms with van der Waals surface area (Å²) in [7, 11) is 1.74. The molecule has 1 aliphatic heterocycles. The highest BCUT2D eigenvalue weighted by Crippen LogP contribution is 2.18. The van der Waals surface area contributed by atoms with E-state index >= 15 is 0 Å². The highest BCUT2D eigenvalue weighted by molar-refractivity contribution is 14.0. The van der Waals surface area contributed by atoms with Crippen LogP contribution in [0.15, 0.2) is 47.6 Å². The standard InChI is InChI=1S/C22H30FN5O.HI/c1-3-19(29-20-8-6-7-18(23)14-20)16-27-22(24-2)26-15-17-9-10-25-21(13-17)28-11-4-5-12-28;/h6-10,13-14,19H,3-5,11-12,15-16H2,1-2H3,(H2,24,26,27);1H. The Balaban J connectivity index is 0.00000320. The number of nitrogens with one attached hydrogen (secondary N) is 2. The fourth-order valence-electron chi connectivity index (χ4n) is 3.31. The molecule has 0 saturated carbocycles. The van der Waals surface area contributed by atoms with Gasteiger partial charge >= 0.3 is 0 Å². The van der Waals surface area contributed by atoms with Crippen LogP contribution in [0.2, 0.25) is 0 Å². The molecule has 6 nitrogen and oxygen atoms in total. The minimum atomic E-state index is -0.298. The molecule has 0 amide bonds. The van der Waals surface area contributed by atoms with Gasteiger partial charge in [0.1, 0.15) is 23.5 Å². The third kappa shape index (κ3) is 7.30. The maximum Gasteiger partial charge on any atom is 0.191 e. The zero-order valence-corrected chi connectivity index (χ0v) is 19.9. The van der Waals surface area contributed by atoms with E-state index in [2.05, 4.69) is 31.6 Å². The summed E-state index contributed by atoms with van der Waals surface area (Å²) in [5, 5.41) is 6.62. The largest absolute Gasteiger partial charge is 0.489 e. The van der Waals surface area contributed by atoms with Crippen LogP contribution in [-0.2, 0) is 6.54 Å². The number of guanidine groups is 1. The number of aliphatic imine (C=N–C) groups is 1. The first-order valence-corrected chi connectivity index (χ1v) is 10.2. The molecule has 1 aromatic heterocycles. The molecule has 1 aliphatic rings. The molecule has 1 aromatic carbocycles. The summed E-state index contributed by atoms with van der Waals surface area (Å²) in [6.07, 6.45) is 5.04. The van der Waals surface area contributed by atoms with Crippen molar-refractivity contribution in [2.75, 3.05) is 31.6 Å². The van der Waals surface area contributed by atoms with Crippen molar-refractivity contribution in [1.82, 2.24) is 15.6 Å². The quantitative estimate of drug-likeness (QED) is 0.309. The van der Waals surface area contributed by atoms with E-state index in [0.29, 0.717) is 24.8 Å². The van der Waals surface area contributed by atoms with Crippen LogP contribution < -0.4 is 20.3 Å². The number of hydrogen-bond acceptors (Lipinski definition) is 4. The van der Waals surface area contributed by atoms with E-state index in [1.54, 1.807) is 19.2 Å². The van der Waals surface area contributed by atoms with E-state index in [4.69, 9.17) is 4.74 Å². The Labute approximate surface area is 195 Å². The van der Waals surface area contributed by atoms with Gasteiger partial charge in [-0.15, -0.1) is 24.0 Å². The van der Waals surface area contributed by atoms with Crippen LogP contribution in [0.25, 0.3) is 0 Å². The number of rotatable bonds is 8. The molecule has 2 N–H and O–H groups in total. The van der Waals surface area contributed by atoms with Gasteiger partial charge in [-0.3, -0.25) is 4.99 Å². The van der Waals surface area contributed by atoms with Crippen molar-refractivity contribution in [1.29, 1.82) is 0 Å². The van der Waals surface area contributed by atoms with Crippen molar-refractivity contribution < 1.29 is 9.13 Å². The minimum Gasteiger partial charge on any atom is -0.489 e. The molecule has 1 unspecified atom stereocenters. The average molecular weight is 527 g/mol. The van der Waals surface area contributed by atoms with Crippen molar-refractivity contribution in [3.05, 3.63) is 54.0 Å². The molecular formula is C22H31FIN5O. The van der Waals surface area contributed by atoms with Crippen molar-refractivity contribution in [3.63, 3.8) is 0 Å². The minimum absolute atomic E-state index is 0. The van der Waals surface area contributed by atoms with Gasteiger partial charge in [0.25, 0.3) is 0 Å². The number of anilines is 1. The third-order valence-corrected chi connectivity index (χ3v) is 4.97. The molecule has 1 atom stereocenters. The average Bonchev–Trinajstić information content (AvgIpc) is 3.28. The maximum absolute atomic E-state index is 13.3. The zero-order chi connectivity index (χ0) is 20.5. The SMILES string of the molecule is CCC(CNC(=NC)NCc1ccnc(N2CCCC2)c1)Oc1cccc(F)c1.I. The van der Waals surface area contributed by atoms with Crippen molar-refractivity contribution in [2.24, 2.45) is 4.99 Å². The topological polar surface area (TPSA) is 61.8 Å². The molecule has 3 rings (SSSR count). The number of ether oxygens (including phenoxy) is 1. The Hall–Kier alpha value is -2.10. The highest BCUT2D eigenvalue weighted by Gasteiger charge is 2.14. The number of benzene rings is 1. The van der Waals surface area contributed by atoms with Gasteiger partial charge in [0.2, 0.25) is 0 Å². The lowest BCUT2D eigenvalue weighted by Gasteiger charge is -2.20. The summed E-state index contributed by atoms with van der Waals surface area (Å²) in [6, 6.07) is 10.4. The lowest BCUT2D eigenvalue weighted by molar-refractivity contribution is 0.199. The molecule has 1 saturated heterocycles. The molecule has 2 aromatic rings. The van der Waals surface area contributed by atoms with E-state index in [1.165, 1.54) is 25.0 Å².